The Morgan fingerprint density at radius 3 is 0.803 bits per heavy atom. The first kappa shape index (κ1) is 81.6. The van der Waals surface area contributed by atoms with Crippen molar-refractivity contribution in [1.29, 1.82) is 0 Å². The highest BCUT2D eigenvalue weighted by atomic mass is 19.2. The molecule has 12 aliphatic rings. The summed E-state index contributed by atoms with van der Waals surface area (Å²) >= 11 is 0. The fourth-order valence-electron chi connectivity index (χ4n) is 21.3. The third-order valence-corrected chi connectivity index (χ3v) is 27.2. The normalized spacial score (nSPS) is 23.8. The van der Waals surface area contributed by atoms with E-state index in [-0.39, 0.29) is 103 Å². The van der Waals surface area contributed by atoms with Crippen LogP contribution in [0.4, 0.5) is 26.3 Å². The number of aryl methyl sites for hydroxylation is 4. The Bertz CT molecular complexity index is 5790. The molecule has 4 spiro atoms. The first-order valence-corrected chi connectivity index (χ1v) is 40.6. The predicted octanol–water partition coefficient (Wildman–Crippen LogP) is 8.04. The van der Waals surface area contributed by atoms with E-state index >= 15 is 0 Å². The second-order valence-corrected chi connectivity index (χ2v) is 35.1. The van der Waals surface area contributed by atoms with Gasteiger partial charge in [0.05, 0.1) is 22.2 Å². The van der Waals surface area contributed by atoms with Gasteiger partial charge in [-0.05, 0) is 187 Å². The number of carbonyl (C=O) groups is 8. The molecule has 4 saturated carbocycles. The molecule has 34 heteroatoms. The molecule has 0 unspecified atom stereocenters. The summed E-state index contributed by atoms with van der Waals surface area (Å²) in [6, 6.07) is 14.0. The van der Waals surface area contributed by atoms with Gasteiger partial charge in [-0.1, -0.05) is 24.3 Å². The van der Waals surface area contributed by atoms with Gasteiger partial charge in [0.2, 0.25) is 21.7 Å². The standard InChI is InChI=1S/2C22H21F2N3O4.2C22H22FN3O4/c2*1-11-4-15(23)13(16(24)5-11)7-25-20(30)14-9-26-10-22-3-2-12(6-22)8-27(22)21(31)17(26)19(29)18(14)28;2*1-12-2-3-14(16(23)6-12)8-24-20(29)15-10-25-11-22-5-4-13(7-22)9-26(22)21(30)17(25)19(28)18(15)27/h2*4-5,9,12,29H,2-3,6-8,10H2,1H3,(H,25,30);2*2-3,6,10,13,28H,4-5,7-9,11H2,1H3,(H,24,29)/t2*12-,22+;2*13-,22+/m1010/s1. The zero-order valence-corrected chi connectivity index (χ0v) is 66.9. The molecule has 4 aromatic heterocycles. The van der Waals surface area contributed by atoms with Gasteiger partial charge in [-0.25, -0.2) is 26.3 Å². The molecule has 8 amide bonds. The van der Waals surface area contributed by atoms with Crippen molar-refractivity contribution in [3.05, 3.63) is 251 Å². The van der Waals surface area contributed by atoms with Crippen molar-refractivity contribution >= 4 is 47.3 Å². The molecule has 122 heavy (non-hydrogen) atoms. The molecular formula is C88H86F6N12O16. The summed E-state index contributed by atoms with van der Waals surface area (Å²) in [6.45, 7) is 9.72. The Balaban J connectivity index is 0.000000116. The van der Waals surface area contributed by atoms with Crippen LogP contribution >= 0.6 is 0 Å². The van der Waals surface area contributed by atoms with Crippen molar-refractivity contribution in [2.75, 3.05) is 26.2 Å². The third kappa shape index (κ3) is 13.7. The Labute approximate surface area is 691 Å². The number of piperidine rings is 4. The van der Waals surface area contributed by atoms with Crippen molar-refractivity contribution in [3.63, 3.8) is 0 Å². The Morgan fingerprint density at radius 2 is 0.574 bits per heavy atom. The maximum absolute atomic E-state index is 14.0. The van der Waals surface area contributed by atoms with Gasteiger partial charge < -0.3 is 79.6 Å². The summed E-state index contributed by atoms with van der Waals surface area (Å²) in [6.07, 6.45) is 16.4. The van der Waals surface area contributed by atoms with E-state index in [0.717, 1.165) is 112 Å². The van der Waals surface area contributed by atoms with Crippen LogP contribution in [0.5, 0.6) is 23.0 Å². The van der Waals surface area contributed by atoms with E-state index in [0.29, 0.717) is 98.3 Å². The zero-order chi connectivity index (χ0) is 86.6. The van der Waals surface area contributed by atoms with Gasteiger partial charge in [0, 0.05) is 126 Å². The SMILES string of the molecule is Cc1cc(F)c(CNC(=O)c2cn3c(c(O)c2=O)C(=O)N2C[C@@H]4CC[C@]2(C4)C3)c(F)c1.Cc1cc(F)c(CNC(=O)c2cn3c(c(O)c2=O)C(=O)N2C[C@H]4CC[C@@]2(C4)C3)c(F)c1.Cc1ccc(CNC(=O)c2cn3c(c(O)c2=O)C(=O)N2C[C@@H]4CC[C@]2(C4)C3)c(F)c1.Cc1ccc(CNC(=O)c2cn3c(c(O)c2=O)C(=O)N2C[C@H]4CC[C@@]2(C4)C3)c(F)c1. The van der Waals surface area contributed by atoms with Crippen LogP contribution in [0.25, 0.3) is 0 Å². The van der Waals surface area contributed by atoms with Gasteiger partial charge in [-0.2, -0.15) is 0 Å². The molecule has 8 fully saturated rings. The highest BCUT2D eigenvalue weighted by Gasteiger charge is 2.60. The molecule has 0 radical (unpaired) electrons. The minimum absolute atomic E-state index is 0.0562. The Kier molecular flexibility index (Phi) is 20.1. The lowest BCUT2D eigenvalue weighted by atomic mass is 9.93. The van der Waals surface area contributed by atoms with Crippen LogP contribution in [0.1, 0.15) is 205 Å². The zero-order valence-electron chi connectivity index (χ0n) is 66.9. The molecule has 12 heterocycles. The number of nitrogens with one attached hydrogen (secondary N) is 4. The number of aromatic nitrogens is 4. The highest BCUT2D eigenvalue weighted by molar-refractivity contribution is 6.03. The van der Waals surface area contributed by atoms with Gasteiger partial charge in [0.1, 0.15) is 57.2 Å². The molecule has 8 N–H and O–H groups in total. The van der Waals surface area contributed by atoms with E-state index in [1.165, 1.54) is 46.1 Å². The van der Waals surface area contributed by atoms with Gasteiger partial charge >= 0.3 is 0 Å². The molecule has 20 rings (SSSR count). The number of benzene rings is 4. The molecule has 8 aromatic rings. The number of halogens is 6. The summed E-state index contributed by atoms with van der Waals surface area (Å²) in [5.41, 5.74) is -4.37. The number of fused-ring (bicyclic) bond motifs is 8. The molecule has 4 aromatic carbocycles. The van der Waals surface area contributed by atoms with E-state index < -0.39 is 128 Å². The van der Waals surface area contributed by atoms with Crippen LogP contribution in [-0.4, -0.2) is 154 Å². The monoisotopic (exact) mass is 1680 g/mol. The Morgan fingerprint density at radius 1 is 0.344 bits per heavy atom. The molecule has 8 aliphatic heterocycles. The average molecular weight is 1680 g/mol. The van der Waals surface area contributed by atoms with E-state index in [2.05, 4.69) is 21.3 Å². The molecule has 4 aliphatic carbocycles. The summed E-state index contributed by atoms with van der Waals surface area (Å²) in [5.74, 6) is -10.0. The fourth-order valence-corrected chi connectivity index (χ4v) is 21.3. The number of carbonyl (C=O) groups excluding carboxylic acids is 8. The lowest BCUT2D eigenvalue weighted by Gasteiger charge is -2.44. The third-order valence-electron chi connectivity index (χ3n) is 27.2. The van der Waals surface area contributed by atoms with Crippen molar-refractivity contribution < 1.29 is 85.1 Å². The van der Waals surface area contributed by atoms with Crippen LogP contribution < -0.4 is 43.0 Å². The molecule has 4 saturated heterocycles. The lowest BCUT2D eigenvalue weighted by molar-refractivity contribution is 0.0390. The van der Waals surface area contributed by atoms with E-state index in [1.54, 1.807) is 80.7 Å². The number of nitrogens with zero attached hydrogens (tertiary/aromatic N) is 8. The van der Waals surface area contributed by atoms with Crippen LogP contribution in [0.2, 0.25) is 0 Å². The number of amides is 8. The summed E-state index contributed by atoms with van der Waals surface area (Å²) in [7, 11) is 0. The average Bonchev–Trinajstić information content (AvgIpc) is 1.55. The van der Waals surface area contributed by atoms with Gasteiger partial charge in [0.25, 0.3) is 47.3 Å². The highest BCUT2D eigenvalue weighted by Crippen LogP contribution is 2.54. The largest absolute Gasteiger partial charge is 0.503 e. The number of hydrogen-bond acceptors (Lipinski definition) is 16. The van der Waals surface area contributed by atoms with Crippen LogP contribution in [-0.2, 0) is 52.4 Å². The number of rotatable bonds is 12. The maximum atomic E-state index is 14.0. The molecule has 8 atom stereocenters. The quantitative estimate of drug-likeness (QED) is 0.0536. The first-order valence-electron chi connectivity index (χ1n) is 40.6. The van der Waals surface area contributed by atoms with Gasteiger partial charge in [0.15, 0.2) is 45.8 Å². The number of aromatic hydroxyl groups is 4. The van der Waals surface area contributed by atoms with Crippen LogP contribution in [0, 0.1) is 86.3 Å². The predicted molar refractivity (Wildman–Crippen MR) is 423 cm³/mol. The smallest absolute Gasteiger partial charge is 0.275 e. The van der Waals surface area contributed by atoms with Crippen molar-refractivity contribution in [3.8, 4) is 23.0 Å². The lowest BCUT2D eigenvalue weighted by Crippen LogP contribution is -2.55. The van der Waals surface area contributed by atoms with Crippen molar-refractivity contribution in [2.24, 2.45) is 23.7 Å². The minimum Gasteiger partial charge on any atom is -0.503 e. The van der Waals surface area contributed by atoms with Crippen LogP contribution in [0.3, 0.4) is 0 Å². The van der Waals surface area contributed by atoms with Gasteiger partial charge in [-0.3, -0.25) is 57.5 Å². The van der Waals surface area contributed by atoms with E-state index in [9.17, 15) is 104 Å². The van der Waals surface area contributed by atoms with Crippen LogP contribution in [0.15, 0.2) is 105 Å². The number of pyridine rings is 4. The molecule has 8 bridgehead atoms. The fraction of sp³-hybridized carbons (Fsp3) is 0.409. The molecular weight excluding hydrogens is 1600 g/mol. The topological polar surface area (TPSA) is 367 Å². The van der Waals surface area contributed by atoms with Gasteiger partial charge in [-0.15, -0.1) is 0 Å². The van der Waals surface area contributed by atoms with E-state index in [1.807, 2.05) is 0 Å². The second-order valence-electron chi connectivity index (χ2n) is 35.1. The molecule has 28 nitrogen and oxygen atoms in total. The van der Waals surface area contributed by atoms with E-state index in [4.69, 9.17) is 0 Å². The second kappa shape index (κ2) is 30.1. The number of hydrogen-bond donors (Lipinski definition) is 8. The first-order chi connectivity index (χ1) is 58.0. The summed E-state index contributed by atoms with van der Waals surface area (Å²) in [5, 5.41) is 51.6. The van der Waals surface area contributed by atoms with Crippen molar-refractivity contribution in [1.82, 2.24) is 59.1 Å². The summed E-state index contributed by atoms with van der Waals surface area (Å²) in [4.78, 5) is 160. The minimum atomic E-state index is -0.984. The maximum Gasteiger partial charge on any atom is 0.275 e. The van der Waals surface area contributed by atoms with Crippen molar-refractivity contribution in [2.45, 2.75) is 179 Å². The molecule has 636 valence electrons. The summed E-state index contributed by atoms with van der Waals surface area (Å²) < 4.78 is 90.3. The Hall–Kier alpha value is -12.8.